The van der Waals surface area contributed by atoms with E-state index in [1.165, 1.54) is 17.3 Å². The van der Waals surface area contributed by atoms with Crippen molar-refractivity contribution >= 4 is 35.2 Å². The first-order chi connectivity index (χ1) is 14.6. The molecule has 30 heavy (non-hydrogen) atoms. The molecule has 0 saturated carbocycles. The molecule has 0 spiro atoms. The van der Waals surface area contributed by atoms with Gasteiger partial charge in [0, 0.05) is 36.8 Å². The van der Waals surface area contributed by atoms with Gasteiger partial charge < -0.3 is 20.9 Å². The maximum Gasteiger partial charge on any atom is 0.234 e. The van der Waals surface area contributed by atoms with Gasteiger partial charge in [-0.05, 0) is 55.1 Å². The molecule has 2 aromatic rings. The monoisotopic (exact) mass is 424 g/mol. The highest BCUT2D eigenvalue weighted by Gasteiger charge is 2.20. The predicted molar refractivity (Wildman–Crippen MR) is 123 cm³/mol. The normalized spacial score (nSPS) is 17.1. The lowest BCUT2D eigenvalue weighted by molar-refractivity contribution is 0.311. The molecule has 2 aliphatic rings. The van der Waals surface area contributed by atoms with E-state index in [1.54, 1.807) is 0 Å². The third kappa shape index (κ3) is 5.28. The molecular weight excluding hydrogens is 396 g/mol. The molecule has 8 nitrogen and oxygen atoms in total. The van der Waals surface area contributed by atoms with Crippen LogP contribution in [0, 0.1) is 0 Å². The summed E-state index contributed by atoms with van der Waals surface area (Å²) in [4.78, 5) is 24.2. The third-order valence-corrected chi connectivity index (χ3v) is 5.92. The number of hydrogen-bond donors (Lipinski definition) is 2. The van der Waals surface area contributed by atoms with Crippen LogP contribution in [0.25, 0.3) is 0 Å². The summed E-state index contributed by atoms with van der Waals surface area (Å²) in [5.41, 5.74) is 7.99. The highest BCUT2D eigenvalue weighted by Crippen LogP contribution is 2.28. The zero-order valence-electron chi connectivity index (χ0n) is 17.5. The second kappa shape index (κ2) is 9.44. The van der Waals surface area contributed by atoms with Gasteiger partial charge in [-0.2, -0.15) is 15.0 Å². The van der Waals surface area contributed by atoms with Crippen molar-refractivity contribution in [2.75, 3.05) is 55.7 Å². The van der Waals surface area contributed by atoms with E-state index in [2.05, 4.69) is 45.1 Å². The Hall–Kier alpha value is -2.65. The number of nitrogens with zero attached hydrogens (tertiary/aromatic N) is 6. The Morgan fingerprint density at radius 1 is 1.13 bits per heavy atom. The summed E-state index contributed by atoms with van der Waals surface area (Å²) in [5.74, 6) is 2.04. The van der Waals surface area contributed by atoms with Gasteiger partial charge in [0.15, 0.2) is 5.16 Å². The molecule has 0 atom stereocenters. The summed E-state index contributed by atoms with van der Waals surface area (Å²) in [7, 11) is 2.14. The van der Waals surface area contributed by atoms with Gasteiger partial charge in [0.1, 0.15) is 5.84 Å². The Morgan fingerprint density at radius 3 is 2.73 bits per heavy atom. The first-order valence-electron chi connectivity index (χ1n) is 10.3. The Balaban J connectivity index is 1.59. The number of aliphatic imine (C=N–C) groups is 1. The maximum atomic E-state index is 5.93. The molecule has 1 aromatic carbocycles. The third-order valence-electron chi connectivity index (χ3n) is 5.06. The van der Waals surface area contributed by atoms with Crippen LogP contribution in [0.4, 0.5) is 17.6 Å². The van der Waals surface area contributed by atoms with Crippen LogP contribution in [0.3, 0.4) is 0 Å². The predicted octanol–water partition coefficient (Wildman–Crippen LogP) is 2.91. The lowest BCUT2D eigenvalue weighted by Gasteiger charge is -2.32. The van der Waals surface area contributed by atoms with Crippen LogP contribution < -0.4 is 16.0 Å². The fraction of sp³-hybridized carbons (Fsp3) is 0.429. The average Bonchev–Trinajstić information content (AvgIpc) is 3.15. The molecule has 3 N–H and O–H groups in total. The quantitative estimate of drug-likeness (QED) is 0.684. The largest absolute Gasteiger partial charge is 0.399 e. The lowest BCUT2D eigenvalue weighted by Crippen LogP contribution is -2.45. The fourth-order valence-corrected chi connectivity index (χ4v) is 4.22. The van der Waals surface area contributed by atoms with E-state index in [9.17, 15) is 0 Å². The van der Waals surface area contributed by atoms with Gasteiger partial charge in [0.05, 0.1) is 6.54 Å². The molecule has 4 rings (SSSR count). The van der Waals surface area contributed by atoms with Crippen LogP contribution in [0.15, 0.2) is 51.0 Å². The molecule has 0 radical (unpaired) electrons. The smallest absolute Gasteiger partial charge is 0.234 e. The number of nitrogen functional groups attached to an aromatic ring is 1. The van der Waals surface area contributed by atoms with Crippen LogP contribution in [0.1, 0.15) is 19.8 Å². The molecule has 158 valence electrons. The summed E-state index contributed by atoms with van der Waals surface area (Å²) in [6.45, 7) is 6.69. The lowest BCUT2D eigenvalue weighted by atomic mass is 10.1. The van der Waals surface area contributed by atoms with Crippen molar-refractivity contribution in [3.8, 4) is 0 Å². The standard InChI is InChI=1S/C21H28N8S/c1-3-5-15-12-18(23-14-15)24-19-25-20(29-10-8-28(2)9-11-29)27-21(26-19)30-17-7-4-6-16(22)13-17/h4,6-7,12-13H,3,5,8-11,14,22H2,1-2H3,(H,23,24,25,26,27). The number of anilines is 3. The molecule has 1 saturated heterocycles. The highest BCUT2D eigenvalue weighted by molar-refractivity contribution is 7.99. The van der Waals surface area contributed by atoms with Crippen LogP contribution in [0.2, 0.25) is 0 Å². The molecule has 1 fully saturated rings. The fourth-order valence-electron chi connectivity index (χ4n) is 3.41. The van der Waals surface area contributed by atoms with Crippen molar-refractivity contribution in [1.29, 1.82) is 0 Å². The van der Waals surface area contributed by atoms with Crippen molar-refractivity contribution in [1.82, 2.24) is 19.9 Å². The molecule has 9 heteroatoms. The number of piperazine rings is 1. The topological polar surface area (TPSA) is 95.6 Å². The maximum absolute atomic E-state index is 5.93. The Labute approximate surface area is 181 Å². The van der Waals surface area contributed by atoms with Crippen molar-refractivity contribution < 1.29 is 0 Å². The zero-order chi connectivity index (χ0) is 20.9. The Morgan fingerprint density at radius 2 is 1.97 bits per heavy atom. The minimum Gasteiger partial charge on any atom is -0.399 e. The van der Waals surface area contributed by atoms with Gasteiger partial charge in [-0.25, -0.2) is 0 Å². The second-order valence-corrected chi connectivity index (χ2v) is 8.63. The van der Waals surface area contributed by atoms with Crippen molar-refractivity contribution in [3.63, 3.8) is 0 Å². The summed E-state index contributed by atoms with van der Waals surface area (Å²) >= 11 is 1.49. The van der Waals surface area contributed by atoms with E-state index in [0.29, 0.717) is 17.1 Å². The van der Waals surface area contributed by atoms with E-state index in [-0.39, 0.29) is 0 Å². The first-order valence-corrected chi connectivity index (χ1v) is 11.1. The number of likely N-dealkylation sites (N-methyl/N-ethyl adjacent to an activating group) is 1. The van der Waals surface area contributed by atoms with E-state index in [4.69, 9.17) is 15.7 Å². The number of benzene rings is 1. The number of amidine groups is 1. The van der Waals surface area contributed by atoms with Gasteiger partial charge in [-0.3, -0.25) is 4.99 Å². The van der Waals surface area contributed by atoms with Gasteiger partial charge in [0.2, 0.25) is 11.9 Å². The number of aromatic nitrogens is 3. The molecule has 3 heterocycles. The molecule has 0 amide bonds. The number of nitrogens with one attached hydrogen (secondary N) is 1. The molecular formula is C21H28N8S. The van der Waals surface area contributed by atoms with E-state index >= 15 is 0 Å². The van der Waals surface area contributed by atoms with E-state index in [1.807, 2.05) is 24.3 Å². The van der Waals surface area contributed by atoms with E-state index < -0.39 is 0 Å². The first kappa shape index (κ1) is 20.6. The SMILES string of the molecule is CCCC1=CC(Nc2nc(Sc3cccc(N)c3)nc(N3CCN(C)CC3)n2)=NC1. The average molecular weight is 425 g/mol. The zero-order valence-corrected chi connectivity index (χ0v) is 18.3. The number of nitrogens with two attached hydrogens (primary N) is 1. The van der Waals surface area contributed by atoms with Crippen LogP contribution in [0.5, 0.6) is 0 Å². The minimum absolute atomic E-state index is 0.526. The highest BCUT2D eigenvalue weighted by atomic mass is 32.2. The summed E-state index contributed by atoms with van der Waals surface area (Å²) in [6, 6.07) is 7.75. The van der Waals surface area contributed by atoms with Gasteiger partial charge in [0.25, 0.3) is 0 Å². The number of hydrogen-bond acceptors (Lipinski definition) is 9. The molecule has 0 bridgehead atoms. The second-order valence-electron chi connectivity index (χ2n) is 7.59. The summed E-state index contributed by atoms with van der Waals surface area (Å²) in [6.07, 6.45) is 4.29. The molecule has 0 aliphatic carbocycles. The minimum atomic E-state index is 0.526. The number of rotatable bonds is 6. The van der Waals surface area contributed by atoms with Crippen LogP contribution in [-0.4, -0.2) is 65.5 Å². The summed E-state index contributed by atoms with van der Waals surface area (Å²) in [5, 5.41) is 3.93. The van der Waals surface area contributed by atoms with Crippen LogP contribution in [-0.2, 0) is 0 Å². The summed E-state index contributed by atoms with van der Waals surface area (Å²) < 4.78 is 0. The molecule has 0 unspecified atom stereocenters. The Bertz CT molecular complexity index is 950. The molecule has 1 aromatic heterocycles. The van der Waals surface area contributed by atoms with Gasteiger partial charge in [-0.1, -0.05) is 19.4 Å². The van der Waals surface area contributed by atoms with Crippen molar-refractivity contribution in [2.45, 2.75) is 29.8 Å². The van der Waals surface area contributed by atoms with Crippen molar-refractivity contribution in [3.05, 3.63) is 35.9 Å². The van der Waals surface area contributed by atoms with Gasteiger partial charge >= 0.3 is 0 Å². The Kier molecular flexibility index (Phi) is 6.49. The van der Waals surface area contributed by atoms with E-state index in [0.717, 1.165) is 62.0 Å². The molecule has 2 aliphatic heterocycles. The van der Waals surface area contributed by atoms with Gasteiger partial charge in [-0.15, -0.1) is 0 Å². The van der Waals surface area contributed by atoms with Crippen LogP contribution >= 0.6 is 11.8 Å². The van der Waals surface area contributed by atoms with Crippen molar-refractivity contribution in [2.24, 2.45) is 4.99 Å².